The number of rotatable bonds is 10. The van der Waals surface area contributed by atoms with Gasteiger partial charge in [0.1, 0.15) is 11.3 Å². The van der Waals surface area contributed by atoms with Crippen molar-refractivity contribution in [2.45, 2.75) is 46.7 Å². The molecule has 10 heteroatoms. The average Bonchev–Trinajstić information content (AvgIpc) is 3.64. The highest BCUT2D eigenvalue weighted by molar-refractivity contribution is 6.46. The Bertz CT molecular complexity index is 1590. The van der Waals surface area contributed by atoms with Crippen LogP contribution >= 0.6 is 0 Å². The lowest BCUT2D eigenvalue weighted by Gasteiger charge is -2.26. The molecule has 4 heterocycles. The summed E-state index contributed by atoms with van der Waals surface area (Å²) in [5, 5.41) is 11.7. The fourth-order valence-electron chi connectivity index (χ4n) is 5.21. The molecule has 1 unspecified atom stereocenters. The number of hydrogen-bond acceptors (Lipinski definition) is 7. The van der Waals surface area contributed by atoms with Crippen LogP contribution in [-0.4, -0.2) is 60.4 Å². The zero-order valence-electron chi connectivity index (χ0n) is 23.1. The topological polar surface area (TPSA) is 111 Å². The molecule has 1 aliphatic rings. The summed E-state index contributed by atoms with van der Waals surface area (Å²) >= 11 is 0. The van der Waals surface area contributed by atoms with Crippen molar-refractivity contribution in [2.75, 3.05) is 19.8 Å². The van der Waals surface area contributed by atoms with Gasteiger partial charge in [-0.05, 0) is 63.4 Å². The summed E-state index contributed by atoms with van der Waals surface area (Å²) in [4.78, 5) is 37.3. The Morgan fingerprint density at radius 2 is 1.80 bits per heavy atom. The number of Topliss-reactive ketones (excluding diaryl/α,β-unsaturated/α-hetero) is 1. The van der Waals surface area contributed by atoms with Crippen molar-refractivity contribution in [3.05, 3.63) is 83.3 Å². The van der Waals surface area contributed by atoms with Crippen molar-refractivity contribution in [3.63, 3.8) is 0 Å². The molecule has 1 atom stereocenters. The molecule has 5 rings (SSSR count). The Morgan fingerprint density at radius 3 is 2.50 bits per heavy atom. The van der Waals surface area contributed by atoms with Gasteiger partial charge in [-0.3, -0.25) is 9.59 Å². The predicted octanol–water partition coefficient (Wildman–Crippen LogP) is 4.46. The van der Waals surface area contributed by atoms with Crippen LogP contribution in [0.2, 0.25) is 0 Å². The third-order valence-corrected chi connectivity index (χ3v) is 7.11. The first-order chi connectivity index (χ1) is 19.3. The predicted molar refractivity (Wildman–Crippen MR) is 149 cm³/mol. The van der Waals surface area contributed by atoms with Gasteiger partial charge in [-0.2, -0.15) is 0 Å². The number of imidazole rings is 2. The number of nitrogens with zero attached hydrogens (tertiary/aromatic N) is 5. The zero-order chi connectivity index (χ0) is 28.4. The maximum atomic E-state index is 13.6. The number of ketones is 1. The van der Waals surface area contributed by atoms with E-state index in [4.69, 9.17) is 9.47 Å². The number of aromatic nitrogens is 4. The molecule has 1 aromatic carbocycles. The molecule has 1 saturated heterocycles. The molecule has 4 aromatic rings. The van der Waals surface area contributed by atoms with E-state index in [1.165, 1.54) is 4.90 Å². The number of benzene rings is 1. The van der Waals surface area contributed by atoms with Gasteiger partial charge >= 0.3 is 0 Å². The molecule has 0 saturated carbocycles. The average molecular weight is 544 g/mol. The molecular weight excluding hydrogens is 510 g/mol. The van der Waals surface area contributed by atoms with Gasteiger partial charge in [0.25, 0.3) is 11.7 Å². The summed E-state index contributed by atoms with van der Waals surface area (Å²) in [6, 6.07) is 8.36. The van der Waals surface area contributed by atoms with Crippen LogP contribution in [0.25, 0.3) is 11.4 Å². The lowest BCUT2D eigenvalue weighted by molar-refractivity contribution is -0.139. The van der Waals surface area contributed by atoms with Crippen LogP contribution in [0.4, 0.5) is 0 Å². The van der Waals surface area contributed by atoms with E-state index < -0.39 is 17.7 Å². The highest BCUT2D eigenvalue weighted by Crippen LogP contribution is 2.42. The summed E-state index contributed by atoms with van der Waals surface area (Å²) in [6.45, 7) is 9.30. The highest BCUT2D eigenvalue weighted by Gasteiger charge is 2.46. The number of hydrogen-bond donors (Lipinski definition) is 1. The summed E-state index contributed by atoms with van der Waals surface area (Å²) < 4.78 is 15.4. The number of aryl methyl sites for hydroxylation is 3. The molecule has 10 nitrogen and oxygen atoms in total. The Hall–Kier alpha value is -4.60. The molecule has 1 aliphatic heterocycles. The van der Waals surface area contributed by atoms with Crippen LogP contribution < -0.4 is 9.47 Å². The fraction of sp³-hybridized carbons (Fsp3) is 0.333. The van der Waals surface area contributed by atoms with Crippen molar-refractivity contribution in [3.8, 4) is 11.5 Å². The van der Waals surface area contributed by atoms with Crippen LogP contribution in [0.15, 0.2) is 60.8 Å². The monoisotopic (exact) mass is 543 g/mol. The number of aliphatic hydroxyl groups is 1. The van der Waals surface area contributed by atoms with Crippen LogP contribution in [-0.2, 0) is 16.1 Å². The second-order valence-corrected chi connectivity index (χ2v) is 9.65. The van der Waals surface area contributed by atoms with Crippen molar-refractivity contribution in [2.24, 2.45) is 0 Å². The molecular formula is C30H33N5O5. The van der Waals surface area contributed by atoms with Gasteiger partial charge in [-0.25, -0.2) is 9.97 Å². The Kier molecular flexibility index (Phi) is 7.59. The van der Waals surface area contributed by atoms with E-state index in [9.17, 15) is 14.7 Å². The summed E-state index contributed by atoms with van der Waals surface area (Å²) in [7, 11) is 0. The van der Waals surface area contributed by atoms with Crippen molar-refractivity contribution in [1.29, 1.82) is 0 Å². The number of fused-ring (bicyclic) bond motifs is 1. The van der Waals surface area contributed by atoms with Crippen molar-refractivity contribution >= 4 is 23.1 Å². The second kappa shape index (κ2) is 11.3. The smallest absolute Gasteiger partial charge is 0.295 e. The van der Waals surface area contributed by atoms with Crippen molar-refractivity contribution < 1.29 is 24.2 Å². The minimum Gasteiger partial charge on any atom is -0.505 e. The minimum atomic E-state index is -0.831. The first kappa shape index (κ1) is 27.0. The van der Waals surface area contributed by atoms with Crippen LogP contribution in [0.3, 0.4) is 0 Å². The minimum absolute atomic E-state index is 0.00315. The van der Waals surface area contributed by atoms with Gasteiger partial charge < -0.3 is 28.4 Å². The van der Waals surface area contributed by atoms with E-state index in [-0.39, 0.29) is 17.0 Å². The molecule has 3 aromatic heterocycles. The summed E-state index contributed by atoms with van der Waals surface area (Å²) in [5.74, 6) is -0.637. The first-order valence-corrected chi connectivity index (χ1v) is 13.4. The SMILES string of the molecule is CCOc1ccc(C2C(=C(O)c3nc4c(C)cccn4c3C)C(=O)C(=O)N2CCCn2ccnc2)cc1OCC. The third kappa shape index (κ3) is 4.81. The summed E-state index contributed by atoms with van der Waals surface area (Å²) in [6.07, 6.45) is 7.69. The van der Waals surface area contributed by atoms with E-state index in [0.717, 1.165) is 5.56 Å². The van der Waals surface area contributed by atoms with Gasteiger partial charge in [0.15, 0.2) is 17.3 Å². The van der Waals surface area contributed by atoms with Crippen LogP contribution in [0.1, 0.15) is 48.8 Å². The van der Waals surface area contributed by atoms with Gasteiger partial charge in [-0.15, -0.1) is 0 Å². The van der Waals surface area contributed by atoms with E-state index >= 15 is 0 Å². The maximum absolute atomic E-state index is 13.6. The molecule has 208 valence electrons. The molecule has 1 N–H and O–H groups in total. The number of amides is 1. The zero-order valence-corrected chi connectivity index (χ0v) is 23.1. The summed E-state index contributed by atoms with van der Waals surface area (Å²) in [5.41, 5.74) is 3.17. The van der Waals surface area contributed by atoms with E-state index in [2.05, 4.69) is 9.97 Å². The normalized spacial score (nSPS) is 16.7. The number of pyridine rings is 1. The number of carbonyl (C=O) groups is 2. The molecule has 1 amide bonds. The lowest BCUT2D eigenvalue weighted by atomic mass is 9.96. The first-order valence-electron chi connectivity index (χ1n) is 13.4. The van der Waals surface area contributed by atoms with Crippen LogP contribution in [0, 0.1) is 13.8 Å². The number of ether oxygens (including phenoxy) is 2. The largest absolute Gasteiger partial charge is 0.505 e. The third-order valence-electron chi connectivity index (χ3n) is 7.11. The second-order valence-electron chi connectivity index (χ2n) is 9.65. The van der Waals surface area contributed by atoms with E-state index in [1.54, 1.807) is 30.7 Å². The molecule has 40 heavy (non-hydrogen) atoms. The quantitative estimate of drug-likeness (QED) is 0.179. The molecule has 0 spiro atoms. The fourth-order valence-corrected chi connectivity index (χ4v) is 5.21. The van der Waals surface area contributed by atoms with Gasteiger partial charge in [0.2, 0.25) is 0 Å². The Balaban J connectivity index is 1.63. The van der Waals surface area contributed by atoms with E-state index in [1.807, 2.05) is 61.2 Å². The number of likely N-dealkylation sites (tertiary alicyclic amines) is 1. The Morgan fingerprint density at radius 1 is 1.02 bits per heavy atom. The molecule has 0 bridgehead atoms. The number of carbonyl (C=O) groups excluding carboxylic acids is 2. The standard InChI is InChI=1S/C30H33N5O5/c1-5-39-22-11-10-21(17-23(22)40-6-2)26-24(27(36)25-20(4)34-14-7-9-19(3)29(34)32-25)28(37)30(38)35(26)15-8-13-33-16-12-31-18-33/h7,9-12,14,16-18,26,36H,5-6,8,13,15H2,1-4H3. The number of aliphatic hydroxyl groups excluding tert-OH is 1. The molecule has 1 fully saturated rings. The van der Waals surface area contributed by atoms with Crippen LogP contribution in [0.5, 0.6) is 11.5 Å². The molecule has 0 radical (unpaired) electrons. The maximum Gasteiger partial charge on any atom is 0.295 e. The Labute approximate surface area is 232 Å². The van der Waals surface area contributed by atoms with Gasteiger partial charge in [0, 0.05) is 31.7 Å². The van der Waals surface area contributed by atoms with Gasteiger partial charge in [-0.1, -0.05) is 12.1 Å². The van der Waals surface area contributed by atoms with Crippen molar-refractivity contribution in [1.82, 2.24) is 23.8 Å². The lowest BCUT2D eigenvalue weighted by Crippen LogP contribution is -2.31. The highest BCUT2D eigenvalue weighted by atomic mass is 16.5. The van der Waals surface area contributed by atoms with E-state index in [0.29, 0.717) is 61.1 Å². The van der Waals surface area contributed by atoms with Gasteiger partial charge in [0.05, 0.1) is 36.8 Å². The molecule has 0 aliphatic carbocycles.